The molecule has 1 amide bonds. The van der Waals surface area contributed by atoms with Gasteiger partial charge in [-0.1, -0.05) is 0 Å². The fourth-order valence-corrected chi connectivity index (χ4v) is 1.11. The van der Waals surface area contributed by atoms with Gasteiger partial charge in [-0.3, -0.25) is 4.79 Å². The normalized spacial score (nSPS) is 10.8. The number of ether oxygens (including phenoxy) is 1. The average Bonchev–Trinajstić information content (AvgIpc) is 2.62. The van der Waals surface area contributed by atoms with Crippen LogP contribution in [0.2, 0.25) is 0 Å². The van der Waals surface area contributed by atoms with Gasteiger partial charge in [0.05, 0.1) is 0 Å². The SMILES string of the molecule is COCc1ccc(C(=O)NCC(C)(C)N)o1.Cl. The number of hydrogen-bond donors (Lipinski definition) is 2. The van der Waals surface area contributed by atoms with Gasteiger partial charge in [-0.25, -0.2) is 0 Å². The molecule has 0 aromatic carbocycles. The largest absolute Gasteiger partial charge is 0.453 e. The number of carbonyl (C=O) groups excluding carboxylic acids is 1. The van der Waals surface area contributed by atoms with Crippen LogP contribution in [0.3, 0.4) is 0 Å². The Morgan fingerprint density at radius 1 is 1.53 bits per heavy atom. The minimum Gasteiger partial charge on any atom is -0.453 e. The van der Waals surface area contributed by atoms with Crippen LogP contribution in [0.4, 0.5) is 0 Å². The molecular weight excluding hydrogens is 244 g/mol. The molecule has 0 aliphatic rings. The number of rotatable bonds is 5. The van der Waals surface area contributed by atoms with Gasteiger partial charge in [0.1, 0.15) is 12.4 Å². The molecule has 0 saturated heterocycles. The zero-order chi connectivity index (χ0) is 12.2. The summed E-state index contributed by atoms with van der Waals surface area (Å²) in [6, 6.07) is 3.33. The van der Waals surface area contributed by atoms with Crippen LogP contribution in [0.25, 0.3) is 0 Å². The lowest BCUT2D eigenvalue weighted by molar-refractivity contribution is 0.0909. The summed E-state index contributed by atoms with van der Waals surface area (Å²) in [5.41, 5.74) is 5.32. The summed E-state index contributed by atoms with van der Waals surface area (Å²) in [7, 11) is 1.57. The van der Waals surface area contributed by atoms with Crippen molar-refractivity contribution in [1.82, 2.24) is 5.32 Å². The number of amides is 1. The quantitative estimate of drug-likeness (QED) is 0.839. The van der Waals surface area contributed by atoms with E-state index in [0.29, 0.717) is 18.9 Å². The number of methoxy groups -OCH3 is 1. The fourth-order valence-electron chi connectivity index (χ4n) is 1.11. The Hall–Kier alpha value is -1.04. The highest BCUT2D eigenvalue weighted by Crippen LogP contribution is 2.08. The molecule has 0 aliphatic heterocycles. The van der Waals surface area contributed by atoms with Crippen molar-refractivity contribution in [2.24, 2.45) is 5.73 Å². The van der Waals surface area contributed by atoms with E-state index in [1.165, 1.54) is 0 Å². The van der Waals surface area contributed by atoms with E-state index in [2.05, 4.69) is 5.32 Å². The van der Waals surface area contributed by atoms with Crippen molar-refractivity contribution < 1.29 is 13.9 Å². The van der Waals surface area contributed by atoms with Crippen LogP contribution in [0.5, 0.6) is 0 Å². The summed E-state index contributed by atoms with van der Waals surface area (Å²) >= 11 is 0. The lowest BCUT2D eigenvalue weighted by Crippen LogP contribution is -2.45. The van der Waals surface area contributed by atoms with Crippen LogP contribution in [0.1, 0.15) is 30.2 Å². The lowest BCUT2D eigenvalue weighted by atomic mass is 10.1. The van der Waals surface area contributed by atoms with E-state index in [1.54, 1.807) is 19.2 Å². The second-order valence-corrected chi connectivity index (χ2v) is 4.37. The first kappa shape index (κ1) is 16.0. The number of furan rings is 1. The predicted octanol–water partition coefficient (Wildman–Crippen LogP) is 1.31. The molecule has 0 fully saturated rings. The van der Waals surface area contributed by atoms with Gasteiger partial charge < -0.3 is 20.2 Å². The number of nitrogens with two attached hydrogens (primary N) is 1. The van der Waals surface area contributed by atoms with Crippen LogP contribution in [-0.4, -0.2) is 25.1 Å². The summed E-state index contributed by atoms with van der Waals surface area (Å²) in [4.78, 5) is 11.6. The molecule has 1 aromatic rings. The van der Waals surface area contributed by atoms with E-state index in [-0.39, 0.29) is 24.1 Å². The van der Waals surface area contributed by atoms with E-state index < -0.39 is 5.54 Å². The van der Waals surface area contributed by atoms with Crippen molar-refractivity contribution >= 4 is 18.3 Å². The summed E-state index contributed by atoms with van der Waals surface area (Å²) in [5.74, 6) is 0.636. The first-order chi connectivity index (χ1) is 7.42. The Kier molecular flexibility index (Phi) is 6.23. The summed E-state index contributed by atoms with van der Waals surface area (Å²) < 4.78 is 10.2. The molecule has 0 aliphatic carbocycles. The standard InChI is InChI=1S/C11H18N2O3.ClH/c1-11(2,12)7-13-10(14)9-5-4-8(16-9)6-15-3;/h4-5H,6-7,12H2,1-3H3,(H,13,14);1H. The van der Waals surface area contributed by atoms with E-state index in [0.717, 1.165) is 0 Å². The number of nitrogens with one attached hydrogen (secondary N) is 1. The molecule has 3 N–H and O–H groups in total. The molecule has 0 unspecified atom stereocenters. The third kappa shape index (κ3) is 5.72. The molecule has 6 heteroatoms. The van der Waals surface area contributed by atoms with Crippen molar-refractivity contribution in [1.29, 1.82) is 0 Å². The maximum absolute atomic E-state index is 11.6. The Morgan fingerprint density at radius 2 is 2.18 bits per heavy atom. The summed E-state index contributed by atoms with van der Waals surface area (Å²) in [5, 5.41) is 2.70. The average molecular weight is 263 g/mol. The van der Waals surface area contributed by atoms with Gasteiger partial charge in [-0.15, -0.1) is 12.4 Å². The molecule has 0 bridgehead atoms. The zero-order valence-electron chi connectivity index (χ0n) is 10.3. The predicted molar refractivity (Wildman–Crippen MR) is 67.3 cm³/mol. The molecule has 1 aromatic heterocycles. The molecule has 1 heterocycles. The maximum Gasteiger partial charge on any atom is 0.287 e. The number of halogens is 1. The van der Waals surface area contributed by atoms with Crippen LogP contribution in [-0.2, 0) is 11.3 Å². The molecule has 0 saturated carbocycles. The molecule has 0 atom stereocenters. The highest BCUT2D eigenvalue weighted by Gasteiger charge is 2.15. The minimum absolute atomic E-state index is 0. The first-order valence-corrected chi connectivity index (χ1v) is 5.07. The van der Waals surface area contributed by atoms with E-state index in [1.807, 2.05) is 13.8 Å². The van der Waals surface area contributed by atoms with Gasteiger partial charge >= 0.3 is 0 Å². The van der Waals surface area contributed by atoms with Crippen molar-refractivity contribution in [2.45, 2.75) is 26.0 Å². The molecular formula is C11H19ClN2O3. The molecule has 0 radical (unpaired) electrons. The highest BCUT2D eigenvalue weighted by atomic mass is 35.5. The Morgan fingerprint density at radius 3 is 2.71 bits per heavy atom. The van der Waals surface area contributed by atoms with Gasteiger partial charge in [0.15, 0.2) is 5.76 Å². The van der Waals surface area contributed by atoms with Crippen molar-refractivity contribution in [3.05, 3.63) is 23.7 Å². The highest BCUT2D eigenvalue weighted by molar-refractivity contribution is 5.91. The van der Waals surface area contributed by atoms with Crippen LogP contribution in [0.15, 0.2) is 16.5 Å². The number of hydrogen-bond acceptors (Lipinski definition) is 4. The van der Waals surface area contributed by atoms with Crippen molar-refractivity contribution in [2.75, 3.05) is 13.7 Å². The Labute approximate surface area is 107 Å². The van der Waals surface area contributed by atoms with Gasteiger partial charge in [0.25, 0.3) is 5.91 Å². The van der Waals surface area contributed by atoms with Crippen molar-refractivity contribution in [3.63, 3.8) is 0 Å². The lowest BCUT2D eigenvalue weighted by Gasteiger charge is -2.18. The Bertz CT molecular complexity index is 358. The zero-order valence-corrected chi connectivity index (χ0v) is 11.1. The number of carbonyl (C=O) groups is 1. The topological polar surface area (TPSA) is 77.5 Å². The van der Waals surface area contributed by atoms with Crippen LogP contribution >= 0.6 is 12.4 Å². The summed E-state index contributed by atoms with van der Waals surface area (Å²) in [6.45, 7) is 4.43. The second-order valence-electron chi connectivity index (χ2n) is 4.37. The molecule has 0 spiro atoms. The van der Waals surface area contributed by atoms with Crippen molar-refractivity contribution in [3.8, 4) is 0 Å². The molecule has 5 nitrogen and oxygen atoms in total. The second kappa shape index (κ2) is 6.64. The maximum atomic E-state index is 11.6. The van der Waals surface area contributed by atoms with E-state index in [9.17, 15) is 4.79 Å². The first-order valence-electron chi connectivity index (χ1n) is 5.07. The monoisotopic (exact) mass is 262 g/mol. The molecule has 1 rings (SSSR count). The molecule has 98 valence electrons. The van der Waals surface area contributed by atoms with Gasteiger partial charge in [0, 0.05) is 19.2 Å². The fraction of sp³-hybridized carbons (Fsp3) is 0.545. The summed E-state index contributed by atoms with van der Waals surface area (Å²) in [6.07, 6.45) is 0. The Balaban J connectivity index is 0.00000256. The van der Waals surface area contributed by atoms with E-state index in [4.69, 9.17) is 14.9 Å². The van der Waals surface area contributed by atoms with Crippen LogP contribution in [0, 0.1) is 0 Å². The smallest absolute Gasteiger partial charge is 0.287 e. The third-order valence-electron chi connectivity index (χ3n) is 1.88. The van der Waals surface area contributed by atoms with Crippen LogP contribution < -0.4 is 11.1 Å². The van der Waals surface area contributed by atoms with Gasteiger partial charge in [-0.05, 0) is 26.0 Å². The van der Waals surface area contributed by atoms with E-state index >= 15 is 0 Å². The van der Waals surface area contributed by atoms with Gasteiger partial charge in [0.2, 0.25) is 0 Å². The van der Waals surface area contributed by atoms with Gasteiger partial charge in [-0.2, -0.15) is 0 Å². The third-order valence-corrected chi connectivity index (χ3v) is 1.88. The molecule has 17 heavy (non-hydrogen) atoms. The minimum atomic E-state index is -0.433.